The Hall–Kier alpha value is -0.317. The van der Waals surface area contributed by atoms with Crippen molar-refractivity contribution in [1.82, 2.24) is 0 Å². The molecule has 0 unspecified atom stereocenters. The van der Waals surface area contributed by atoms with Crippen LogP contribution in [-0.2, 0) is 37.1 Å². The number of carbonyl (C=O) groups excluding carboxylic acids is 2. The molecule has 0 saturated carbocycles. The number of aliphatic hydroxyl groups excluding tert-OH is 2. The quantitative estimate of drug-likeness (QED) is 0.149. The van der Waals surface area contributed by atoms with Crippen molar-refractivity contribution in [2.24, 2.45) is 5.92 Å². The van der Waals surface area contributed by atoms with Crippen molar-refractivity contribution in [1.29, 1.82) is 0 Å². The van der Waals surface area contributed by atoms with E-state index in [-0.39, 0.29) is 13.2 Å². The molecule has 176 valence electrons. The summed E-state index contributed by atoms with van der Waals surface area (Å²) in [5.41, 5.74) is 0.449. The van der Waals surface area contributed by atoms with Gasteiger partial charge >= 0.3 is 27.5 Å². The van der Waals surface area contributed by atoms with E-state index in [9.17, 15) is 9.59 Å². The number of aliphatic hydroxyl groups is 2. The number of hydrogen-bond donors (Lipinski definition) is 2. The maximum atomic E-state index is 10.0. The molecule has 0 aromatic heterocycles. The molecule has 0 aliphatic rings. The predicted molar refractivity (Wildman–Crippen MR) is 121 cm³/mol. The summed E-state index contributed by atoms with van der Waals surface area (Å²) in [6, 6.07) is 0. The summed E-state index contributed by atoms with van der Waals surface area (Å²) in [7, 11) is 0. The van der Waals surface area contributed by atoms with Crippen molar-refractivity contribution < 1.29 is 47.3 Å². The number of hydrogen-bond acceptors (Lipinski definition) is 5. The third-order valence-electron chi connectivity index (χ3n) is 4.08. The normalized spacial score (nSPS) is 9.33. The summed E-state index contributed by atoms with van der Waals surface area (Å²) >= 11 is 0.300. The van der Waals surface area contributed by atoms with Crippen LogP contribution in [0, 0.1) is 5.92 Å². The third-order valence-corrected chi connectivity index (χ3v) is 4.08. The van der Waals surface area contributed by atoms with Crippen LogP contribution in [0.4, 0.5) is 0 Å². The SMILES string of the molecule is C=C(C)[C-]=O.CC(C)CCCCCCCCCCCCCC[C-]=O.OCCO.[O]=[Zr+2]. The molecular weight excluding hydrogens is 459 g/mol. The summed E-state index contributed by atoms with van der Waals surface area (Å²) in [5.74, 6) is 0.879. The Morgan fingerprint density at radius 1 is 0.767 bits per heavy atom. The van der Waals surface area contributed by atoms with E-state index in [2.05, 4.69) is 20.4 Å². The van der Waals surface area contributed by atoms with Crippen molar-refractivity contribution in [3.63, 3.8) is 0 Å². The molecule has 0 atom stereocenters. The minimum absolute atomic E-state index is 0.125. The summed E-state index contributed by atoms with van der Waals surface area (Å²) in [5, 5.41) is 15.2. The molecule has 0 aromatic carbocycles. The van der Waals surface area contributed by atoms with Crippen LogP contribution in [0.15, 0.2) is 12.2 Å². The maximum absolute atomic E-state index is 10.0. The van der Waals surface area contributed by atoms with Crippen LogP contribution in [0.3, 0.4) is 0 Å². The van der Waals surface area contributed by atoms with Crippen molar-refractivity contribution in [3.05, 3.63) is 12.2 Å². The van der Waals surface area contributed by atoms with Crippen LogP contribution in [-0.4, -0.2) is 36.0 Å². The van der Waals surface area contributed by atoms with Crippen molar-refractivity contribution in [3.8, 4) is 0 Å². The van der Waals surface area contributed by atoms with Gasteiger partial charge in [0.2, 0.25) is 0 Å². The van der Waals surface area contributed by atoms with Crippen LogP contribution in [0.1, 0.15) is 111 Å². The number of allylic oxidation sites excluding steroid dienone is 1. The molecule has 2 N–H and O–H groups in total. The van der Waals surface area contributed by atoms with E-state index in [0.717, 1.165) is 12.3 Å². The van der Waals surface area contributed by atoms with Gasteiger partial charge in [-0.1, -0.05) is 104 Å². The Morgan fingerprint density at radius 3 is 1.30 bits per heavy atom. The zero-order valence-corrected chi connectivity index (χ0v) is 22.2. The summed E-state index contributed by atoms with van der Waals surface area (Å²) in [4.78, 5) is 19.3. The van der Waals surface area contributed by atoms with E-state index in [1.807, 2.05) is 6.29 Å². The first-order chi connectivity index (χ1) is 14.5. The molecule has 6 heteroatoms. The summed E-state index contributed by atoms with van der Waals surface area (Å²) in [6.45, 7) is 9.24. The summed E-state index contributed by atoms with van der Waals surface area (Å²) < 4.78 is 8.34. The van der Waals surface area contributed by atoms with E-state index in [1.165, 1.54) is 77.0 Å². The molecule has 0 amide bonds. The van der Waals surface area contributed by atoms with Crippen LogP contribution < -0.4 is 0 Å². The number of unbranched alkanes of at least 4 members (excludes halogenated alkanes) is 12. The van der Waals surface area contributed by atoms with Gasteiger partial charge in [-0.3, -0.25) is 6.29 Å². The molecule has 5 nitrogen and oxygen atoms in total. The Bertz CT molecular complexity index is 334. The molecule has 0 bridgehead atoms. The molecule has 0 aromatic rings. The van der Waals surface area contributed by atoms with Crippen LogP contribution in [0.2, 0.25) is 0 Å². The van der Waals surface area contributed by atoms with Crippen molar-refractivity contribution in [2.45, 2.75) is 111 Å². The van der Waals surface area contributed by atoms with Crippen molar-refractivity contribution >= 4 is 12.6 Å². The van der Waals surface area contributed by atoms with Crippen molar-refractivity contribution in [2.75, 3.05) is 13.2 Å². The van der Waals surface area contributed by atoms with Crippen LogP contribution in [0.25, 0.3) is 0 Å². The van der Waals surface area contributed by atoms with Gasteiger partial charge in [0.1, 0.15) is 0 Å². The Labute approximate surface area is 201 Å². The minimum atomic E-state index is -0.125. The van der Waals surface area contributed by atoms with Gasteiger partial charge in [-0.15, -0.1) is 0 Å². The Morgan fingerprint density at radius 2 is 1.07 bits per heavy atom. The predicted octanol–water partition coefficient (Wildman–Crippen LogP) is 5.74. The van der Waals surface area contributed by atoms with Gasteiger partial charge in [-0.2, -0.15) is 12.0 Å². The molecule has 0 aliphatic carbocycles. The molecular formula is C24H46O5Zr. The second-order valence-corrected chi connectivity index (χ2v) is 7.65. The van der Waals surface area contributed by atoms with Crippen LogP contribution >= 0.6 is 0 Å². The molecule has 0 saturated heterocycles. The van der Waals surface area contributed by atoms with Gasteiger partial charge in [0.15, 0.2) is 0 Å². The van der Waals surface area contributed by atoms with E-state index in [0.29, 0.717) is 36.7 Å². The van der Waals surface area contributed by atoms with Crippen LogP contribution in [0.5, 0.6) is 0 Å². The topological polar surface area (TPSA) is 91.7 Å². The van der Waals surface area contributed by atoms with E-state index < -0.39 is 0 Å². The average Bonchev–Trinajstić information content (AvgIpc) is 2.75. The van der Waals surface area contributed by atoms with Gasteiger partial charge in [0.05, 0.1) is 13.2 Å². The fourth-order valence-electron chi connectivity index (χ4n) is 2.52. The second-order valence-electron chi connectivity index (χ2n) is 7.65. The first-order valence-corrected chi connectivity index (χ1v) is 12.3. The molecule has 30 heavy (non-hydrogen) atoms. The fraction of sp³-hybridized carbons (Fsp3) is 0.833. The molecule has 0 aliphatic heterocycles. The Kier molecular flexibility index (Phi) is 48.4. The third kappa shape index (κ3) is 56.5. The first-order valence-electron chi connectivity index (χ1n) is 11.3. The molecule has 0 rings (SSSR count). The molecule has 0 fully saturated rings. The second kappa shape index (κ2) is 39.2. The van der Waals surface area contributed by atoms with E-state index in [1.54, 1.807) is 13.2 Å². The zero-order valence-electron chi connectivity index (χ0n) is 19.7. The van der Waals surface area contributed by atoms with Gasteiger partial charge in [0.25, 0.3) is 0 Å². The molecule has 0 radical (unpaired) electrons. The fourth-order valence-corrected chi connectivity index (χ4v) is 2.52. The number of rotatable bonds is 17. The van der Waals surface area contributed by atoms with E-state index >= 15 is 0 Å². The van der Waals surface area contributed by atoms with E-state index in [4.69, 9.17) is 13.0 Å². The van der Waals surface area contributed by atoms with Gasteiger partial charge in [-0.05, 0) is 12.2 Å². The monoisotopic (exact) mass is 504 g/mol. The first kappa shape index (κ1) is 37.0. The standard InChI is InChI=1S/C18H35O.C4H5O.C2H6O2.O.Zr/c1-18(2)16-14-12-10-8-6-4-3-5-7-9-11-13-15-17-19;1-4(2)3-5;3-1-2-4;;/h18H,3-16H2,1-2H3;1H2,2H3;3-4H,1-2H2;;/q2*-1;;;+2. The molecule has 0 spiro atoms. The average molecular weight is 506 g/mol. The van der Waals surface area contributed by atoms with Gasteiger partial charge in [0, 0.05) is 0 Å². The Balaban J connectivity index is -0.000000253. The molecule has 0 heterocycles. The summed E-state index contributed by atoms with van der Waals surface area (Å²) in [6.07, 6.45) is 21.9. The zero-order chi connectivity index (χ0) is 23.9. The van der Waals surface area contributed by atoms with Gasteiger partial charge < -0.3 is 19.8 Å². The van der Waals surface area contributed by atoms with Gasteiger partial charge in [-0.25, -0.2) is 6.58 Å².